The zero-order chi connectivity index (χ0) is 19.3. The maximum absolute atomic E-state index is 9.55. The average Bonchev–Trinajstić information content (AvgIpc) is 3.11. The zero-order valence-corrected chi connectivity index (χ0v) is 14.7. The number of aliphatic carboxylic acids is 2. The molecule has 2 aliphatic heterocycles. The largest absolute Gasteiger partial charge is 0.478 e. The van der Waals surface area contributed by atoms with Crippen molar-refractivity contribution in [1.29, 1.82) is 0 Å². The van der Waals surface area contributed by atoms with E-state index in [1.807, 2.05) is 6.20 Å². The van der Waals surface area contributed by atoms with Crippen LogP contribution in [-0.2, 0) is 15.0 Å². The topological polar surface area (TPSA) is 104 Å². The third-order valence-corrected chi connectivity index (χ3v) is 4.81. The molecule has 2 aromatic rings. The Balaban J connectivity index is 0.000000226. The normalized spacial score (nSPS) is 16.7. The molecule has 27 heavy (non-hydrogen) atoms. The van der Waals surface area contributed by atoms with E-state index in [9.17, 15) is 9.59 Å². The number of hydrogen-bond acceptors (Lipinski definition) is 4. The molecule has 0 bridgehead atoms. The second-order valence-electron chi connectivity index (χ2n) is 6.40. The Bertz CT molecular complexity index is 876. The van der Waals surface area contributed by atoms with Gasteiger partial charge < -0.3 is 20.1 Å². The Morgan fingerprint density at radius 2 is 1.78 bits per heavy atom. The zero-order valence-electron chi connectivity index (χ0n) is 14.7. The van der Waals surface area contributed by atoms with Crippen molar-refractivity contribution in [2.45, 2.75) is 18.3 Å². The molecule has 0 saturated carbocycles. The smallest absolute Gasteiger partial charge is 0.328 e. The first-order chi connectivity index (χ1) is 13.0. The molecule has 4 rings (SSSR count). The highest BCUT2D eigenvalue weighted by Crippen LogP contribution is 2.42. The molecule has 0 amide bonds. The maximum Gasteiger partial charge on any atom is 0.328 e. The summed E-state index contributed by atoms with van der Waals surface area (Å²) in [4.78, 5) is 23.8. The Labute approximate surface area is 156 Å². The van der Waals surface area contributed by atoms with Crippen LogP contribution in [0, 0.1) is 0 Å². The maximum atomic E-state index is 9.55. The minimum atomic E-state index is -1.26. The second-order valence-corrected chi connectivity index (χ2v) is 6.40. The number of carbonyl (C=O) groups is 2. The number of rotatable bonds is 2. The van der Waals surface area contributed by atoms with Gasteiger partial charge in [-0.05, 0) is 43.1 Å². The molecule has 0 aliphatic carbocycles. The molecule has 0 radical (unpaired) electrons. The van der Waals surface area contributed by atoms with Crippen LogP contribution in [0.5, 0.6) is 0 Å². The molecule has 1 aromatic heterocycles. The van der Waals surface area contributed by atoms with Gasteiger partial charge >= 0.3 is 11.9 Å². The van der Waals surface area contributed by atoms with Crippen LogP contribution in [0.1, 0.15) is 29.8 Å². The van der Waals surface area contributed by atoms with E-state index in [1.54, 1.807) is 0 Å². The fourth-order valence-electron chi connectivity index (χ4n) is 3.65. The summed E-state index contributed by atoms with van der Waals surface area (Å²) < 4.78 is 2.19. The van der Waals surface area contributed by atoms with Gasteiger partial charge in [0.25, 0.3) is 0 Å². The monoisotopic (exact) mass is 367 g/mol. The fraction of sp³-hybridized carbons (Fsp3) is 0.250. The first-order valence-corrected chi connectivity index (χ1v) is 8.68. The van der Waals surface area contributed by atoms with Crippen molar-refractivity contribution < 1.29 is 19.8 Å². The van der Waals surface area contributed by atoms with Gasteiger partial charge in [0.2, 0.25) is 0 Å². The van der Waals surface area contributed by atoms with Crippen LogP contribution in [0.2, 0.25) is 0 Å². The van der Waals surface area contributed by atoms with Crippen molar-refractivity contribution in [3.63, 3.8) is 0 Å². The number of carboxylic acid groups (broad SMARTS) is 2. The lowest BCUT2D eigenvalue weighted by Crippen LogP contribution is -2.42. The van der Waals surface area contributed by atoms with E-state index in [2.05, 4.69) is 57.6 Å². The summed E-state index contributed by atoms with van der Waals surface area (Å²) in [6.07, 6.45) is 11.7. The highest BCUT2D eigenvalue weighted by molar-refractivity contribution is 5.89. The van der Waals surface area contributed by atoms with E-state index in [0.717, 1.165) is 25.9 Å². The number of piperidine rings is 1. The van der Waals surface area contributed by atoms with E-state index in [-0.39, 0.29) is 5.41 Å². The van der Waals surface area contributed by atoms with E-state index in [0.29, 0.717) is 12.2 Å². The van der Waals surface area contributed by atoms with Crippen LogP contribution in [0.4, 0.5) is 0 Å². The van der Waals surface area contributed by atoms with E-state index < -0.39 is 11.9 Å². The predicted molar refractivity (Wildman–Crippen MR) is 101 cm³/mol. The summed E-state index contributed by atoms with van der Waals surface area (Å²) in [5, 5.41) is 19.1. The first kappa shape index (κ1) is 18.6. The lowest BCUT2D eigenvalue weighted by molar-refractivity contribution is -0.134. The third-order valence-electron chi connectivity index (χ3n) is 4.81. The number of carboxylic acids is 2. The first-order valence-electron chi connectivity index (χ1n) is 8.68. The second kappa shape index (κ2) is 8.01. The van der Waals surface area contributed by atoms with Gasteiger partial charge in [-0.1, -0.05) is 24.3 Å². The van der Waals surface area contributed by atoms with Gasteiger partial charge in [-0.25, -0.2) is 14.6 Å². The fourth-order valence-corrected chi connectivity index (χ4v) is 3.65. The Hall–Kier alpha value is -3.19. The predicted octanol–water partition coefficient (Wildman–Crippen LogP) is 2.21. The number of nitrogens with zero attached hydrogens (tertiary/aromatic N) is 2. The summed E-state index contributed by atoms with van der Waals surface area (Å²) in [6.45, 7) is 2.11. The highest BCUT2D eigenvalue weighted by Gasteiger charge is 2.41. The summed E-state index contributed by atoms with van der Waals surface area (Å²) >= 11 is 0. The standard InChI is InChI=1S/C16H17N3.C4H4O4/c1-2-4-14-13(3-1)5-11-19-12-10-18-15(19)16(14)6-8-17-9-7-16;5-3(6)1-2-4(7)8/h1-5,10-12,17H,6-9H2;1-2H,(H,5,6)(H,7,8)/b;2-1+. The van der Waals surface area contributed by atoms with Crippen molar-refractivity contribution in [3.8, 4) is 0 Å². The van der Waals surface area contributed by atoms with Crippen molar-refractivity contribution >= 4 is 24.2 Å². The molecule has 1 fully saturated rings. The number of aromatic nitrogens is 2. The number of benzene rings is 1. The van der Waals surface area contributed by atoms with Crippen LogP contribution >= 0.6 is 0 Å². The average molecular weight is 367 g/mol. The highest BCUT2D eigenvalue weighted by atomic mass is 16.4. The molecule has 0 atom stereocenters. The Morgan fingerprint density at radius 1 is 1.11 bits per heavy atom. The van der Waals surface area contributed by atoms with Gasteiger partial charge in [0.05, 0.1) is 5.41 Å². The summed E-state index contributed by atoms with van der Waals surface area (Å²) in [5.41, 5.74) is 2.82. The summed E-state index contributed by atoms with van der Waals surface area (Å²) in [6, 6.07) is 8.75. The minimum absolute atomic E-state index is 0.0643. The molecule has 7 nitrogen and oxygen atoms in total. The van der Waals surface area contributed by atoms with Gasteiger partial charge in [-0.2, -0.15) is 0 Å². The molecule has 3 heterocycles. The van der Waals surface area contributed by atoms with Crippen LogP contribution < -0.4 is 5.32 Å². The van der Waals surface area contributed by atoms with Crippen molar-refractivity contribution in [1.82, 2.24) is 14.9 Å². The Kier molecular flexibility index (Phi) is 5.52. The van der Waals surface area contributed by atoms with Crippen molar-refractivity contribution in [3.05, 3.63) is 65.8 Å². The lowest BCUT2D eigenvalue weighted by atomic mass is 9.71. The van der Waals surface area contributed by atoms with Crippen molar-refractivity contribution in [2.75, 3.05) is 13.1 Å². The molecule has 2 aliphatic rings. The molecule has 1 aromatic carbocycles. The lowest BCUT2D eigenvalue weighted by Gasteiger charge is -2.37. The molecular formula is C20H21N3O4. The van der Waals surface area contributed by atoms with Gasteiger partial charge in [0, 0.05) is 30.7 Å². The van der Waals surface area contributed by atoms with Crippen LogP contribution in [-0.4, -0.2) is 44.8 Å². The molecule has 7 heteroatoms. The quantitative estimate of drug-likeness (QED) is 0.703. The molecule has 140 valence electrons. The van der Waals surface area contributed by atoms with E-state index in [1.165, 1.54) is 17.0 Å². The molecule has 1 spiro atoms. The SMILES string of the molecule is C1=Cn2ccnc2C2(CCNCC2)c2ccccc21.O=C(O)/C=C/C(=O)O. The molecule has 1 saturated heterocycles. The minimum Gasteiger partial charge on any atom is -0.478 e. The number of nitrogens with one attached hydrogen (secondary N) is 1. The molecular weight excluding hydrogens is 346 g/mol. The number of hydrogen-bond donors (Lipinski definition) is 3. The summed E-state index contributed by atoms with van der Waals surface area (Å²) in [7, 11) is 0. The molecule has 0 unspecified atom stereocenters. The Morgan fingerprint density at radius 3 is 2.44 bits per heavy atom. The van der Waals surface area contributed by atoms with Crippen LogP contribution in [0.3, 0.4) is 0 Å². The van der Waals surface area contributed by atoms with Gasteiger partial charge in [-0.3, -0.25) is 0 Å². The third kappa shape index (κ3) is 3.98. The van der Waals surface area contributed by atoms with E-state index in [4.69, 9.17) is 10.2 Å². The van der Waals surface area contributed by atoms with Gasteiger partial charge in [-0.15, -0.1) is 0 Å². The number of imidazole rings is 1. The number of fused-ring (bicyclic) bond motifs is 4. The van der Waals surface area contributed by atoms with Gasteiger partial charge in [0.1, 0.15) is 5.82 Å². The van der Waals surface area contributed by atoms with Gasteiger partial charge in [0.15, 0.2) is 0 Å². The molecule has 3 N–H and O–H groups in total. The van der Waals surface area contributed by atoms with Crippen LogP contribution in [0.25, 0.3) is 12.3 Å². The van der Waals surface area contributed by atoms with Crippen LogP contribution in [0.15, 0.2) is 48.8 Å². The summed E-state index contributed by atoms with van der Waals surface area (Å²) in [5.74, 6) is -1.32. The van der Waals surface area contributed by atoms with E-state index >= 15 is 0 Å². The van der Waals surface area contributed by atoms with Crippen molar-refractivity contribution in [2.24, 2.45) is 0 Å².